The third kappa shape index (κ3) is 4.93. The van der Waals surface area contributed by atoms with Crippen molar-refractivity contribution in [3.05, 3.63) is 41.5 Å². The summed E-state index contributed by atoms with van der Waals surface area (Å²) in [7, 11) is 0. The predicted octanol–water partition coefficient (Wildman–Crippen LogP) is 2.78. The number of thioether (sulfide) groups is 1. The first-order chi connectivity index (χ1) is 10.7. The Morgan fingerprint density at radius 2 is 1.64 bits per heavy atom. The van der Waals surface area contributed by atoms with Crippen LogP contribution in [0.1, 0.15) is 19.4 Å². The molecule has 0 bridgehead atoms. The van der Waals surface area contributed by atoms with Crippen LogP contribution in [0, 0.1) is 10.7 Å². The largest absolute Gasteiger partial charge is 0.462 e. The molecule has 0 aliphatic heterocycles. The molecule has 0 aliphatic carbocycles. The number of nitrogens with zero attached hydrogens (tertiary/aromatic N) is 1. The molecular formula is C16H17NO4S. The zero-order chi connectivity index (χ0) is 16.4. The summed E-state index contributed by atoms with van der Waals surface area (Å²) in [5.74, 6) is -1.29. The molecule has 22 heavy (non-hydrogen) atoms. The third-order valence-corrected chi connectivity index (χ3v) is 3.23. The van der Waals surface area contributed by atoms with Crippen molar-refractivity contribution in [2.45, 2.75) is 13.8 Å². The van der Waals surface area contributed by atoms with Crippen molar-refractivity contribution in [3.8, 4) is 5.40 Å². The Bertz CT molecular complexity index is 570. The summed E-state index contributed by atoms with van der Waals surface area (Å²) in [6, 6.07) is 8.95. The molecule has 0 aliphatic rings. The van der Waals surface area contributed by atoms with E-state index in [1.165, 1.54) is 0 Å². The summed E-state index contributed by atoms with van der Waals surface area (Å²) in [6.45, 7) is 3.62. The van der Waals surface area contributed by atoms with Gasteiger partial charge in [-0.05, 0) is 36.7 Å². The van der Waals surface area contributed by atoms with E-state index in [-0.39, 0.29) is 24.5 Å². The van der Waals surface area contributed by atoms with Crippen LogP contribution in [-0.4, -0.2) is 30.9 Å². The van der Waals surface area contributed by atoms with Crippen molar-refractivity contribution in [3.63, 3.8) is 0 Å². The summed E-state index contributed by atoms with van der Waals surface area (Å²) in [4.78, 5) is 24.3. The smallest absolute Gasteiger partial charge is 0.345 e. The quantitative estimate of drug-likeness (QED) is 0.253. The van der Waals surface area contributed by atoms with Gasteiger partial charge in [0.1, 0.15) is 11.0 Å². The van der Waals surface area contributed by atoms with E-state index < -0.39 is 11.9 Å². The van der Waals surface area contributed by atoms with E-state index in [0.717, 1.165) is 11.8 Å². The molecule has 116 valence electrons. The molecule has 1 aromatic carbocycles. The molecule has 0 fully saturated rings. The van der Waals surface area contributed by atoms with Crippen LogP contribution >= 0.6 is 11.8 Å². The highest BCUT2D eigenvalue weighted by atomic mass is 32.2. The van der Waals surface area contributed by atoms with E-state index in [0.29, 0.717) is 11.1 Å². The molecule has 5 nitrogen and oxygen atoms in total. The molecule has 0 amide bonds. The Morgan fingerprint density at radius 1 is 1.09 bits per heavy atom. The van der Waals surface area contributed by atoms with Gasteiger partial charge in [-0.15, -0.1) is 0 Å². The minimum absolute atomic E-state index is 0.148. The highest BCUT2D eigenvalue weighted by Crippen LogP contribution is 2.25. The lowest BCUT2D eigenvalue weighted by Crippen LogP contribution is -2.21. The number of hydrogen-bond donors (Lipinski definition) is 0. The van der Waals surface area contributed by atoms with Gasteiger partial charge in [0, 0.05) is 5.75 Å². The lowest BCUT2D eigenvalue weighted by atomic mass is 10.0. The van der Waals surface area contributed by atoms with Crippen LogP contribution in [0.4, 0.5) is 0 Å². The number of carbonyl (C=O) groups is 2. The Morgan fingerprint density at radius 3 is 2.09 bits per heavy atom. The third-order valence-electron chi connectivity index (χ3n) is 2.66. The van der Waals surface area contributed by atoms with Gasteiger partial charge in [-0.1, -0.05) is 30.3 Å². The molecule has 0 saturated carbocycles. The minimum Gasteiger partial charge on any atom is -0.462 e. The highest BCUT2D eigenvalue weighted by Gasteiger charge is 2.26. The van der Waals surface area contributed by atoms with Crippen LogP contribution in [-0.2, 0) is 19.1 Å². The van der Waals surface area contributed by atoms with Crippen molar-refractivity contribution < 1.29 is 19.1 Å². The topological polar surface area (TPSA) is 76.4 Å². The lowest BCUT2D eigenvalue weighted by molar-refractivity contribution is -0.146. The van der Waals surface area contributed by atoms with Gasteiger partial charge in [-0.3, -0.25) is 0 Å². The zero-order valence-corrected chi connectivity index (χ0v) is 13.3. The molecule has 0 unspecified atom stereocenters. The monoisotopic (exact) mass is 319 g/mol. The first-order valence-electron chi connectivity index (χ1n) is 6.79. The van der Waals surface area contributed by atoms with E-state index >= 15 is 0 Å². The van der Waals surface area contributed by atoms with Gasteiger partial charge in [-0.2, -0.15) is 5.26 Å². The molecule has 0 heterocycles. The molecular weight excluding hydrogens is 302 g/mol. The number of thiocyanates is 1. The second kappa shape index (κ2) is 9.64. The van der Waals surface area contributed by atoms with Gasteiger partial charge in [0.15, 0.2) is 0 Å². The van der Waals surface area contributed by atoms with Gasteiger partial charge >= 0.3 is 11.9 Å². The van der Waals surface area contributed by atoms with E-state index in [9.17, 15) is 9.59 Å². The van der Waals surface area contributed by atoms with Crippen molar-refractivity contribution in [1.29, 1.82) is 5.26 Å². The fourth-order valence-electron chi connectivity index (χ4n) is 1.78. The van der Waals surface area contributed by atoms with Crippen molar-refractivity contribution in [2.75, 3.05) is 19.0 Å². The molecule has 6 heteroatoms. The number of ether oxygens (including phenoxy) is 2. The molecule has 0 N–H and O–H groups in total. The summed E-state index contributed by atoms with van der Waals surface area (Å²) in [6.07, 6.45) is 0. The second-order valence-electron chi connectivity index (χ2n) is 4.04. The molecule has 1 rings (SSSR count). The van der Waals surface area contributed by atoms with E-state index in [2.05, 4.69) is 0 Å². The van der Waals surface area contributed by atoms with Gasteiger partial charge in [-0.25, -0.2) is 9.59 Å². The first kappa shape index (κ1) is 17.8. The van der Waals surface area contributed by atoms with Gasteiger partial charge in [0.2, 0.25) is 0 Å². The maximum Gasteiger partial charge on any atom is 0.345 e. The van der Waals surface area contributed by atoms with E-state index in [1.54, 1.807) is 38.1 Å². The maximum atomic E-state index is 12.2. The summed E-state index contributed by atoms with van der Waals surface area (Å²) >= 11 is 0.942. The summed E-state index contributed by atoms with van der Waals surface area (Å²) in [5, 5.41) is 10.7. The van der Waals surface area contributed by atoms with Crippen LogP contribution in [0.25, 0.3) is 5.57 Å². The standard InChI is InChI=1S/C16H17NO4S/c1-3-20-15(18)14(16(19)21-4-2)13(10-22-11-17)12-8-6-5-7-9-12/h5-9H,3-4,10H2,1-2H3. The number of benzene rings is 1. The highest BCUT2D eigenvalue weighted by molar-refractivity contribution is 8.04. The molecule has 0 aromatic heterocycles. The average Bonchev–Trinajstić information content (AvgIpc) is 2.52. The Kier molecular flexibility index (Phi) is 7.79. The summed E-state index contributed by atoms with van der Waals surface area (Å²) in [5.41, 5.74) is 0.961. The van der Waals surface area contributed by atoms with Crippen LogP contribution < -0.4 is 0 Å². The SMILES string of the molecule is CCOC(=O)C(C(=O)OCC)=C(CSC#N)c1ccccc1. The number of carbonyl (C=O) groups excluding carboxylic acids is 2. The fraction of sp³-hybridized carbons (Fsp3) is 0.312. The maximum absolute atomic E-state index is 12.2. The average molecular weight is 319 g/mol. The molecule has 0 spiro atoms. The lowest BCUT2D eigenvalue weighted by Gasteiger charge is -2.13. The van der Waals surface area contributed by atoms with Crippen molar-refractivity contribution in [2.24, 2.45) is 0 Å². The Hall–Kier alpha value is -2.26. The Labute approximate surface area is 133 Å². The van der Waals surface area contributed by atoms with Crippen molar-refractivity contribution >= 4 is 29.3 Å². The number of hydrogen-bond acceptors (Lipinski definition) is 6. The molecule has 0 saturated heterocycles. The molecule has 0 radical (unpaired) electrons. The number of nitriles is 1. The van der Waals surface area contributed by atoms with E-state index in [1.807, 2.05) is 11.5 Å². The van der Waals surface area contributed by atoms with Crippen LogP contribution in [0.2, 0.25) is 0 Å². The van der Waals surface area contributed by atoms with Crippen LogP contribution in [0.15, 0.2) is 35.9 Å². The molecule has 1 aromatic rings. The fourth-order valence-corrected chi connectivity index (χ4v) is 2.30. The van der Waals surface area contributed by atoms with Crippen molar-refractivity contribution in [1.82, 2.24) is 0 Å². The normalized spacial score (nSPS) is 9.50. The first-order valence-corrected chi connectivity index (χ1v) is 7.77. The van der Waals surface area contributed by atoms with Crippen LogP contribution in [0.3, 0.4) is 0 Å². The van der Waals surface area contributed by atoms with Gasteiger partial charge in [0.25, 0.3) is 0 Å². The molecule has 0 atom stereocenters. The van der Waals surface area contributed by atoms with E-state index in [4.69, 9.17) is 14.7 Å². The van der Waals surface area contributed by atoms with Crippen LogP contribution in [0.5, 0.6) is 0 Å². The van der Waals surface area contributed by atoms with Gasteiger partial charge in [0.05, 0.1) is 13.2 Å². The number of esters is 2. The zero-order valence-electron chi connectivity index (χ0n) is 12.5. The summed E-state index contributed by atoms with van der Waals surface area (Å²) < 4.78 is 9.93. The predicted molar refractivity (Wildman–Crippen MR) is 84.7 cm³/mol. The Balaban J connectivity index is 3.40. The second-order valence-corrected chi connectivity index (χ2v) is 4.80. The van der Waals surface area contributed by atoms with Gasteiger partial charge < -0.3 is 9.47 Å². The minimum atomic E-state index is -0.738. The number of rotatable bonds is 7.